The first kappa shape index (κ1) is 19.8. The van der Waals surface area contributed by atoms with Gasteiger partial charge >= 0.3 is 5.97 Å². The molecule has 1 aromatic carbocycles. The fourth-order valence-electron chi connectivity index (χ4n) is 2.29. The topological polar surface area (TPSA) is 72.5 Å². The number of nitrogens with one attached hydrogen (secondary N) is 1. The van der Waals surface area contributed by atoms with Crippen LogP contribution < -0.4 is 5.32 Å². The molecule has 0 atom stereocenters. The van der Waals surface area contributed by atoms with Gasteiger partial charge in [-0.1, -0.05) is 38.1 Å². The number of thiophene rings is 1. The second-order valence-electron chi connectivity index (χ2n) is 6.23. The van der Waals surface area contributed by atoms with E-state index in [0.717, 1.165) is 5.56 Å². The number of Topliss-reactive ketones (excluding diaryl/α,β-unsaturated/α-hetero) is 1. The van der Waals surface area contributed by atoms with E-state index >= 15 is 0 Å². The summed E-state index contributed by atoms with van der Waals surface area (Å²) in [5.41, 5.74) is 2.31. The average molecular weight is 373 g/mol. The number of rotatable bonds is 9. The highest BCUT2D eigenvalue weighted by Crippen LogP contribution is 2.15. The summed E-state index contributed by atoms with van der Waals surface area (Å²) in [5, 5.41) is 6.34. The zero-order valence-corrected chi connectivity index (χ0v) is 15.8. The van der Waals surface area contributed by atoms with Gasteiger partial charge in [-0.05, 0) is 29.3 Å². The van der Waals surface area contributed by atoms with E-state index in [0.29, 0.717) is 30.0 Å². The molecule has 6 heteroatoms. The Hall–Kier alpha value is -2.47. The number of amides is 1. The van der Waals surface area contributed by atoms with Crippen LogP contribution in [0.3, 0.4) is 0 Å². The van der Waals surface area contributed by atoms with Gasteiger partial charge in [-0.2, -0.15) is 11.3 Å². The Kier molecular flexibility index (Phi) is 7.53. The molecule has 1 heterocycles. The predicted octanol–water partition coefficient (Wildman–Crippen LogP) is 3.81. The van der Waals surface area contributed by atoms with Crippen LogP contribution in [0.5, 0.6) is 0 Å². The number of benzene rings is 1. The Balaban J connectivity index is 1.65. The fraction of sp³-hybridized carbons (Fsp3) is 0.350. The molecule has 0 aliphatic heterocycles. The molecule has 0 saturated heterocycles. The number of hydrogen-bond acceptors (Lipinski definition) is 5. The molecule has 138 valence electrons. The van der Waals surface area contributed by atoms with E-state index in [9.17, 15) is 14.4 Å². The van der Waals surface area contributed by atoms with E-state index in [4.69, 9.17) is 4.74 Å². The smallest absolute Gasteiger partial charge is 0.306 e. The monoisotopic (exact) mass is 373 g/mol. The summed E-state index contributed by atoms with van der Waals surface area (Å²) in [6.07, 6.45) is 0.621. The molecule has 26 heavy (non-hydrogen) atoms. The Morgan fingerprint density at radius 3 is 2.42 bits per heavy atom. The molecule has 1 N–H and O–H groups in total. The van der Waals surface area contributed by atoms with Crippen LogP contribution >= 0.6 is 11.3 Å². The van der Waals surface area contributed by atoms with Crippen molar-refractivity contribution in [1.82, 2.24) is 5.32 Å². The third kappa shape index (κ3) is 6.11. The second kappa shape index (κ2) is 9.87. The van der Waals surface area contributed by atoms with E-state index in [1.165, 1.54) is 11.3 Å². The van der Waals surface area contributed by atoms with Crippen molar-refractivity contribution in [3.8, 4) is 0 Å². The van der Waals surface area contributed by atoms with Crippen LogP contribution in [-0.2, 0) is 9.53 Å². The maximum atomic E-state index is 12.0. The van der Waals surface area contributed by atoms with Gasteiger partial charge in [0.1, 0.15) is 0 Å². The van der Waals surface area contributed by atoms with Crippen molar-refractivity contribution < 1.29 is 19.1 Å². The molecular formula is C20H23NO4S. The van der Waals surface area contributed by atoms with E-state index in [-0.39, 0.29) is 24.7 Å². The summed E-state index contributed by atoms with van der Waals surface area (Å²) in [4.78, 5) is 35.5. The molecule has 0 spiro atoms. The van der Waals surface area contributed by atoms with E-state index in [2.05, 4.69) is 19.2 Å². The lowest BCUT2D eigenvalue weighted by molar-refractivity contribution is -0.142. The highest BCUT2D eigenvalue weighted by atomic mass is 32.1. The van der Waals surface area contributed by atoms with Crippen molar-refractivity contribution in [2.75, 3.05) is 13.2 Å². The van der Waals surface area contributed by atoms with E-state index < -0.39 is 5.97 Å². The van der Waals surface area contributed by atoms with Crippen LogP contribution in [-0.4, -0.2) is 30.8 Å². The van der Waals surface area contributed by atoms with Crippen molar-refractivity contribution in [3.05, 3.63) is 57.8 Å². The lowest BCUT2D eigenvalue weighted by Gasteiger charge is -2.07. The third-order valence-corrected chi connectivity index (χ3v) is 4.57. The molecule has 0 unspecified atom stereocenters. The molecule has 0 fully saturated rings. The fourth-order valence-corrected chi connectivity index (χ4v) is 2.92. The van der Waals surface area contributed by atoms with Gasteiger partial charge in [0.2, 0.25) is 0 Å². The number of ether oxygens (including phenoxy) is 1. The molecular weight excluding hydrogens is 350 g/mol. The quantitative estimate of drug-likeness (QED) is 0.412. The van der Waals surface area contributed by atoms with Crippen molar-refractivity contribution in [2.24, 2.45) is 0 Å². The summed E-state index contributed by atoms with van der Waals surface area (Å²) in [7, 11) is 0. The lowest BCUT2D eigenvalue weighted by atomic mass is 10.0. The molecule has 0 bridgehead atoms. The van der Waals surface area contributed by atoms with Crippen LogP contribution in [0.15, 0.2) is 41.1 Å². The highest BCUT2D eigenvalue weighted by Gasteiger charge is 2.11. The maximum absolute atomic E-state index is 12.0. The molecule has 0 saturated carbocycles. The van der Waals surface area contributed by atoms with Gasteiger partial charge in [0, 0.05) is 29.5 Å². The predicted molar refractivity (Wildman–Crippen MR) is 102 cm³/mol. The molecule has 1 amide bonds. The summed E-state index contributed by atoms with van der Waals surface area (Å²) in [6.45, 7) is 4.29. The SMILES string of the molecule is CC(C)c1ccc(C(=O)COC(=O)CCCNC(=O)c2ccsc2)cc1. The van der Waals surface area contributed by atoms with Gasteiger partial charge in [-0.3, -0.25) is 14.4 Å². The minimum absolute atomic E-state index is 0.153. The van der Waals surface area contributed by atoms with Crippen LogP contribution in [0, 0.1) is 0 Å². The normalized spacial score (nSPS) is 10.6. The molecule has 5 nitrogen and oxygen atoms in total. The number of esters is 1. The van der Waals surface area contributed by atoms with Crippen LogP contribution in [0.25, 0.3) is 0 Å². The number of carbonyl (C=O) groups is 3. The Morgan fingerprint density at radius 1 is 1.08 bits per heavy atom. The van der Waals surface area contributed by atoms with Crippen LogP contribution in [0.1, 0.15) is 58.9 Å². The standard InChI is InChI=1S/C20H23NO4S/c1-14(2)15-5-7-16(8-6-15)18(22)12-25-19(23)4-3-10-21-20(24)17-9-11-26-13-17/h5-9,11,13-14H,3-4,10,12H2,1-2H3,(H,21,24). The zero-order chi connectivity index (χ0) is 18.9. The third-order valence-electron chi connectivity index (χ3n) is 3.89. The highest BCUT2D eigenvalue weighted by molar-refractivity contribution is 7.08. The summed E-state index contributed by atoms with van der Waals surface area (Å²) in [6, 6.07) is 9.08. The summed E-state index contributed by atoms with van der Waals surface area (Å²) >= 11 is 1.45. The van der Waals surface area contributed by atoms with E-state index in [1.807, 2.05) is 17.5 Å². The summed E-state index contributed by atoms with van der Waals surface area (Å²) in [5.74, 6) is -0.418. The van der Waals surface area contributed by atoms with Crippen LogP contribution in [0.4, 0.5) is 0 Å². The molecule has 2 rings (SSSR count). The summed E-state index contributed by atoms with van der Waals surface area (Å²) < 4.78 is 5.02. The molecule has 0 radical (unpaired) electrons. The maximum Gasteiger partial charge on any atom is 0.306 e. The molecule has 2 aromatic rings. The Bertz CT molecular complexity index is 736. The Morgan fingerprint density at radius 2 is 1.81 bits per heavy atom. The minimum atomic E-state index is -0.443. The van der Waals surface area contributed by atoms with Crippen LogP contribution in [0.2, 0.25) is 0 Å². The second-order valence-corrected chi connectivity index (χ2v) is 7.01. The molecule has 1 aromatic heterocycles. The average Bonchev–Trinajstić information content (AvgIpc) is 3.18. The van der Waals surface area contributed by atoms with E-state index in [1.54, 1.807) is 23.6 Å². The van der Waals surface area contributed by atoms with Gasteiger partial charge < -0.3 is 10.1 Å². The van der Waals surface area contributed by atoms with Gasteiger partial charge in [0.15, 0.2) is 12.4 Å². The number of carbonyl (C=O) groups excluding carboxylic acids is 3. The molecule has 0 aliphatic rings. The first-order valence-electron chi connectivity index (χ1n) is 8.56. The van der Waals surface area contributed by atoms with Gasteiger partial charge in [-0.25, -0.2) is 0 Å². The van der Waals surface area contributed by atoms with Crippen molar-refractivity contribution in [3.63, 3.8) is 0 Å². The number of hydrogen-bond donors (Lipinski definition) is 1. The number of ketones is 1. The largest absolute Gasteiger partial charge is 0.457 e. The lowest BCUT2D eigenvalue weighted by Crippen LogP contribution is -2.24. The van der Waals surface area contributed by atoms with Crippen molar-refractivity contribution in [1.29, 1.82) is 0 Å². The first-order chi connectivity index (χ1) is 12.5. The first-order valence-corrected chi connectivity index (χ1v) is 9.51. The van der Waals surface area contributed by atoms with Crippen molar-refractivity contribution >= 4 is 29.0 Å². The molecule has 0 aliphatic carbocycles. The van der Waals surface area contributed by atoms with Gasteiger partial charge in [0.25, 0.3) is 5.91 Å². The van der Waals surface area contributed by atoms with Gasteiger partial charge in [0.05, 0.1) is 0 Å². The van der Waals surface area contributed by atoms with Gasteiger partial charge in [-0.15, -0.1) is 0 Å². The minimum Gasteiger partial charge on any atom is -0.457 e. The van der Waals surface area contributed by atoms with Crippen molar-refractivity contribution in [2.45, 2.75) is 32.6 Å². The zero-order valence-electron chi connectivity index (χ0n) is 15.0. The Labute approximate surface area is 157 Å².